The summed E-state index contributed by atoms with van der Waals surface area (Å²) in [5, 5.41) is 3.18. The summed E-state index contributed by atoms with van der Waals surface area (Å²) in [4.78, 5) is 0. The van der Waals surface area contributed by atoms with E-state index in [4.69, 9.17) is 0 Å². The smallest absolute Gasteiger partial charge is 0.0413 e. The maximum Gasteiger partial charge on any atom is 0.0413 e. The van der Waals surface area contributed by atoms with Gasteiger partial charge in [0.25, 0.3) is 0 Å². The van der Waals surface area contributed by atoms with Gasteiger partial charge in [0.15, 0.2) is 0 Å². The highest BCUT2D eigenvalue weighted by atomic mass is 14.8. The Hall–Kier alpha value is -1.50. The van der Waals surface area contributed by atoms with E-state index in [0.717, 1.165) is 11.3 Å². The minimum Gasteiger partial charge on any atom is -0.388 e. The molecule has 0 heterocycles. The van der Waals surface area contributed by atoms with Gasteiger partial charge in [0.2, 0.25) is 0 Å². The average molecular weight is 187 g/mol. The number of para-hydroxylation sites is 1. The maximum absolute atomic E-state index is 3.88. The fourth-order valence-corrected chi connectivity index (χ4v) is 1.49. The molecule has 74 valence electrons. The highest BCUT2D eigenvalue weighted by Crippen LogP contribution is 2.23. The van der Waals surface area contributed by atoms with Gasteiger partial charge in [-0.3, -0.25) is 0 Å². The van der Waals surface area contributed by atoms with Crippen molar-refractivity contribution >= 4 is 11.3 Å². The molecule has 1 rings (SSSR count). The minimum atomic E-state index is 1.08. The molecular weight excluding hydrogens is 170 g/mol. The molecule has 0 atom stereocenters. The van der Waals surface area contributed by atoms with Gasteiger partial charge in [0.1, 0.15) is 0 Å². The highest BCUT2D eigenvalue weighted by molar-refractivity contribution is 5.76. The van der Waals surface area contributed by atoms with Crippen LogP contribution in [-0.4, -0.2) is 7.05 Å². The van der Waals surface area contributed by atoms with Crippen LogP contribution in [0.3, 0.4) is 0 Å². The van der Waals surface area contributed by atoms with Crippen molar-refractivity contribution in [2.45, 2.75) is 13.8 Å². The topological polar surface area (TPSA) is 12.0 Å². The fourth-order valence-electron chi connectivity index (χ4n) is 1.49. The number of nitrogens with one attached hydrogen (secondary N) is 1. The SMILES string of the molecule is C=C(C)/C=C(/C)c1ccccc1NC. The van der Waals surface area contributed by atoms with Gasteiger partial charge in [-0.25, -0.2) is 0 Å². The number of anilines is 1. The molecule has 1 nitrogen and oxygen atoms in total. The summed E-state index contributed by atoms with van der Waals surface area (Å²) < 4.78 is 0. The van der Waals surface area contributed by atoms with Gasteiger partial charge in [-0.2, -0.15) is 0 Å². The molecule has 0 saturated carbocycles. The maximum atomic E-state index is 3.88. The van der Waals surface area contributed by atoms with E-state index >= 15 is 0 Å². The largest absolute Gasteiger partial charge is 0.388 e. The summed E-state index contributed by atoms with van der Waals surface area (Å²) in [7, 11) is 1.94. The van der Waals surface area contributed by atoms with Crippen molar-refractivity contribution in [3.63, 3.8) is 0 Å². The van der Waals surface area contributed by atoms with Gasteiger partial charge in [0.05, 0.1) is 0 Å². The molecule has 1 aromatic rings. The molecule has 0 aliphatic heterocycles. The molecule has 0 spiro atoms. The Morgan fingerprint density at radius 2 is 1.93 bits per heavy atom. The lowest BCUT2D eigenvalue weighted by Crippen LogP contribution is -1.93. The molecule has 0 aromatic heterocycles. The monoisotopic (exact) mass is 187 g/mol. The Kier molecular flexibility index (Phi) is 3.52. The molecule has 0 aliphatic rings. The predicted molar refractivity (Wildman–Crippen MR) is 64.5 cm³/mol. The summed E-state index contributed by atoms with van der Waals surface area (Å²) in [5.74, 6) is 0. The van der Waals surface area contributed by atoms with E-state index in [1.54, 1.807) is 0 Å². The summed E-state index contributed by atoms with van der Waals surface area (Å²) >= 11 is 0. The second-order valence-corrected chi connectivity index (χ2v) is 3.47. The highest BCUT2D eigenvalue weighted by Gasteiger charge is 2.00. The van der Waals surface area contributed by atoms with Crippen LogP contribution in [0, 0.1) is 0 Å². The van der Waals surface area contributed by atoms with Crippen molar-refractivity contribution in [1.82, 2.24) is 0 Å². The molecule has 0 unspecified atom stereocenters. The second-order valence-electron chi connectivity index (χ2n) is 3.47. The van der Waals surface area contributed by atoms with Gasteiger partial charge in [-0.1, -0.05) is 36.4 Å². The van der Waals surface area contributed by atoms with Gasteiger partial charge in [-0.05, 0) is 25.5 Å². The predicted octanol–water partition coefficient (Wildman–Crippen LogP) is 3.71. The first-order valence-corrected chi connectivity index (χ1v) is 4.76. The quantitative estimate of drug-likeness (QED) is 0.711. The number of allylic oxidation sites excluding steroid dienone is 3. The van der Waals surface area contributed by atoms with Crippen molar-refractivity contribution in [3.05, 3.63) is 48.1 Å². The summed E-state index contributed by atoms with van der Waals surface area (Å²) in [6.07, 6.45) is 2.09. The molecular formula is C13H17N. The lowest BCUT2D eigenvalue weighted by atomic mass is 10.0. The third kappa shape index (κ3) is 2.49. The van der Waals surface area contributed by atoms with Gasteiger partial charge in [-0.15, -0.1) is 0 Å². The van der Waals surface area contributed by atoms with E-state index in [2.05, 4.69) is 37.0 Å². The lowest BCUT2D eigenvalue weighted by Gasteiger charge is -2.08. The fraction of sp³-hybridized carbons (Fsp3) is 0.231. The summed E-state index contributed by atoms with van der Waals surface area (Å²) in [6.45, 7) is 7.99. The zero-order valence-corrected chi connectivity index (χ0v) is 9.09. The van der Waals surface area contributed by atoms with E-state index < -0.39 is 0 Å². The van der Waals surface area contributed by atoms with E-state index in [9.17, 15) is 0 Å². The lowest BCUT2D eigenvalue weighted by molar-refractivity contribution is 1.45. The van der Waals surface area contributed by atoms with E-state index in [-0.39, 0.29) is 0 Å². The molecule has 0 fully saturated rings. The van der Waals surface area contributed by atoms with Crippen LogP contribution in [0.2, 0.25) is 0 Å². The van der Waals surface area contributed by atoms with Crippen LogP contribution in [0.5, 0.6) is 0 Å². The molecule has 1 aromatic carbocycles. The van der Waals surface area contributed by atoms with Crippen LogP contribution in [0.4, 0.5) is 5.69 Å². The molecule has 0 amide bonds. The third-order valence-corrected chi connectivity index (χ3v) is 2.08. The zero-order chi connectivity index (χ0) is 10.6. The molecule has 0 radical (unpaired) electrons. The average Bonchev–Trinajstić information content (AvgIpc) is 2.16. The van der Waals surface area contributed by atoms with E-state index in [0.29, 0.717) is 0 Å². The van der Waals surface area contributed by atoms with Crippen LogP contribution in [0.15, 0.2) is 42.5 Å². The van der Waals surface area contributed by atoms with Crippen molar-refractivity contribution in [2.24, 2.45) is 0 Å². The molecule has 1 N–H and O–H groups in total. The second kappa shape index (κ2) is 4.66. The molecule has 0 bridgehead atoms. The van der Waals surface area contributed by atoms with Crippen LogP contribution in [0.1, 0.15) is 19.4 Å². The van der Waals surface area contributed by atoms with Gasteiger partial charge in [0, 0.05) is 18.3 Å². The minimum absolute atomic E-state index is 1.08. The van der Waals surface area contributed by atoms with Crippen molar-refractivity contribution in [1.29, 1.82) is 0 Å². The Morgan fingerprint density at radius 1 is 1.29 bits per heavy atom. The standard InChI is InChI=1S/C13H17N/c1-10(2)9-11(3)12-7-5-6-8-13(12)14-4/h5-9,14H,1H2,2-4H3/b11-9-. The number of rotatable bonds is 3. The first-order chi connectivity index (χ1) is 6.65. The van der Waals surface area contributed by atoms with Crippen LogP contribution < -0.4 is 5.32 Å². The first-order valence-electron chi connectivity index (χ1n) is 4.76. The van der Waals surface area contributed by atoms with Gasteiger partial charge < -0.3 is 5.32 Å². The Labute approximate surface area is 86.2 Å². The summed E-state index contributed by atoms with van der Waals surface area (Å²) in [5.41, 5.74) is 4.70. The molecule has 14 heavy (non-hydrogen) atoms. The first kappa shape index (κ1) is 10.6. The van der Waals surface area contributed by atoms with Crippen molar-refractivity contribution in [3.8, 4) is 0 Å². The van der Waals surface area contributed by atoms with Crippen molar-refractivity contribution < 1.29 is 0 Å². The van der Waals surface area contributed by atoms with Crippen molar-refractivity contribution in [2.75, 3.05) is 12.4 Å². The normalized spacial score (nSPS) is 11.2. The number of hydrogen-bond donors (Lipinski definition) is 1. The van der Waals surface area contributed by atoms with Crippen LogP contribution in [0.25, 0.3) is 5.57 Å². The Bertz CT molecular complexity index is 361. The van der Waals surface area contributed by atoms with E-state index in [1.807, 2.05) is 26.1 Å². The van der Waals surface area contributed by atoms with Crippen LogP contribution >= 0.6 is 0 Å². The number of benzene rings is 1. The van der Waals surface area contributed by atoms with E-state index in [1.165, 1.54) is 11.1 Å². The third-order valence-electron chi connectivity index (χ3n) is 2.08. The summed E-state index contributed by atoms with van der Waals surface area (Å²) in [6, 6.07) is 8.26. The molecule has 0 saturated heterocycles. The Morgan fingerprint density at radius 3 is 2.50 bits per heavy atom. The van der Waals surface area contributed by atoms with Gasteiger partial charge >= 0.3 is 0 Å². The molecule has 0 aliphatic carbocycles. The van der Waals surface area contributed by atoms with Crippen LogP contribution in [-0.2, 0) is 0 Å². The zero-order valence-electron chi connectivity index (χ0n) is 9.09. The molecule has 1 heteroatoms. The number of hydrogen-bond acceptors (Lipinski definition) is 1. The Balaban J connectivity index is 3.11.